The van der Waals surface area contributed by atoms with Gasteiger partial charge >= 0.3 is 0 Å². The van der Waals surface area contributed by atoms with Gasteiger partial charge in [0.1, 0.15) is 0 Å². The lowest BCUT2D eigenvalue weighted by atomic mass is 9.84. The molecule has 0 radical (unpaired) electrons. The van der Waals surface area contributed by atoms with Crippen LogP contribution in [0.1, 0.15) is 40.5 Å². The van der Waals surface area contributed by atoms with Crippen molar-refractivity contribution < 1.29 is 14.2 Å². The van der Waals surface area contributed by atoms with Gasteiger partial charge < -0.3 is 14.2 Å². The Kier molecular flexibility index (Phi) is 4.10. The average Bonchev–Trinajstić information content (AvgIpc) is 2.66. The summed E-state index contributed by atoms with van der Waals surface area (Å²) in [4.78, 5) is 0. The summed E-state index contributed by atoms with van der Waals surface area (Å²) >= 11 is 0. The zero-order valence-corrected chi connectivity index (χ0v) is 11.3. The first-order chi connectivity index (χ1) is 8.13. The van der Waals surface area contributed by atoms with Crippen LogP contribution >= 0.6 is 0 Å². The van der Waals surface area contributed by atoms with Crippen LogP contribution in [0.15, 0.2) is 11.8 Å². The van der Waals surface area contributed by atoms with E-state index in [2.05, 4.69) is 13.8 Å². The number of hydrogen-bond acceptors (Lipinski definition) is 3. The van der Waals surface area contributed by atoms with Gasteiger partial charge in [-0.3, -0.25) is 0 Å². The molecule has 2 aliphatic rings. The van der Waals surface area contributed by atoms with Crippen LogP contribution in [0, 0.1) is 17.8 Å². The second-order valence-electron chi connectivity index (χ2n) is 5.26. The molecule has 1 aliphatic heterocycles. The molecule has 0 saturated heterocycles. The van der Waals surface area contributed by atoms with E-state index in [1.165, 1.54) is 18.4 Å². The first-order valence-electron chi connectivity index (χ1n) is 6.72. The lowest BCUT2D eigenvalue weighted by Gasteiger charge is -2.36. The summed E-state index contributed by atoms with van der Waals surface area (Å²) in [6.07, 6.45) is 4.09. The molecule has 5 unspecified atom stereocenters. The van der Waals surface area contributed by atoms with Crippen LogP contribution in [-0.2, 0) is 14.2 Å². The number of fused-ring (bicyclic) bond motifs is 1. The molecule has 1 aliphatic carbocycles. The quantitative estimate of drug-likeness (QED) is 0.706. The van der Waals surface area contributed by atoms with Crippen molar-refractivity contribution in [1.29, 1.82) is 0 Å². The summed E-state index contributed by atoms with van der Waals surface area (Å²) in [7, 11) is 0. The molecular formula is C14H24O3. The predicted octanol–water partition coefficient (Wildman–Crippen LogP) is 3.31. The van der Waals surface area contributed by atoms with Crippen LogP contribution in [0.25, 0.3) is 0 Å². The van der Waals surface area contributed by atoms with Crippen molar-refractivity contribution in [3.05, 3.63) is 11.8 Å². The maximum absolute atomic E-state index is 5.88. The topological polar surface area (TPSA) is 27.7 Å². The lowest BCUT2D eigenvalue weighted by Crippen LogP contribution is -2.38. The second-order valence-corrected chi connectivity index (χ2v) is 5.26. The molecule has 3 nitrogen and oxygen atoms in total. The van der Waals surface area contributed by atoms with Crippen molar-refractivity contribution >= 4 is 0 Å². The van der Waals surface area contributed by atoms with Crippen molar-refractivity contribution in [2.45, 2.75) is 53.1 Å². The fraction of sp³-hybridized carbons (Fsp3) is 0.857. The summed E-state index contributed by atoms with van der Waals surface area (Å²) < 4.78 is 17.0. The standard InChI is InChI=1S/C14H24O3/c1-5-15-11(4)17-14-13-9(2)6-7-12(13)10(3)8-16-14/h8-9,11-14H,5-7H2,1-4H3. The Morgan fingerprint density at radius 2 is 2.24 bits per heavy atom. The highest BCUT2D eigenvalue weighted by Gasteiger charge is 2.44. The maximum atomic E-state index is 5.88. The molecule has 1 saturated carbocycles. The molecule has 2 rings (SSSR count). The monoisotopic (exact) mass is 240 g/mol. The van der Waals surface area contributed by atoms with E-state index in [9.17, 15) is 0 Å². The van der Waals surface area contributed by atoms with Gasteiger partial charge in [0, 0.05) is 12.5 Å². The van der Waals surface area contributed by atoms with Crippen LogP contribution in [0.3, 0.4) is 0 Å². The first kappa shape index (κ1) is 12.9. The Hall–Kier alpha value is -0.540. The largest absolute Gasteiger partial charge is 0.472 e. The van der Waals surface area contributed by atoms with E-state index in [0.717, 1.165) is 0 Å². The average molecular weight is 240 g/mol. The zero-order valence-electron chi connectivity index (χ0n) is 11.3. The normalized spacial score (nSPS) is 38.2. The van der Waals surface area contributed by atoms with Gasteiger partial charge in [0.2, 0.25) is 6.29 Å². The third kappa shape index (κ3) is 2.66. The van der Waals surface area contributed by atoms with Crippen LogP contribution in [0.5, 0.6) is 0 Å². The Labute approximate surface area is 104 Å². The van der Waals surface area contributed by atoms with E-state index < -0.39 is 0 Å². The van der Waals surface area contributed by atoms with Crippen LogP contribution in [0.4, 0.5) is 0 Å². The molecule has 3 heteroatoms. The molecule has 0 N–H and O–H groups in total. The molecule has 0 spiro atoms. The van der Waals surface area contributed by atoms with Gasteiger partial charge in [-0.2, -0.15) is 0 Å². The van der Waals surface area contributed by atoms with E-state index in [-0.39, 0.29) is 12.6 Å². The van der Waals surface area contributed by atoms with Gasteiger partial charge in [0.25, 0.3) is 0 Å². The zero-order chi connectivity index (χ0) is 12.4. The first-order valence-corrected chi connectivity index (χ1v) is 6.72. The molecule has 98 valence electrons. The molecule has 1 fully saturated rings. The SMILES string of the molecule is CCOC(C)OC1OC=C(C)C2CCC(C)C12. The fourth-order valence-electron chi connectivity index (χ4n) is 3.15. The van der Waals surface area contributed by atoms with Gasteiger partial charge in [-0.25, -0.2) is 0 Å². The molecule has 0 amide bonds. The van der Waals surface area contributed by atoms with Gasteiger partial charge in [-0.1, -0.05) is 6.92 Å². The summed E-state index contributed by atoms with van der Waals surface area (Å²) in [5.41, 5.74) is 1.36. The Bertz CT molecular complexity index is 287. The van der Waals surface area contributed by atoms with E-state index in [1.54, 1.807) is 0 Å². The molecule has 0 aromatic heterocycles. The molecule has 0 aromatic carbocycles. The van der Waals surface area contributed by atoms with Gasteiger partial charge in [0.05, 0.1) is 6.26 Å². The van der Waals surface area contributed by atoms with Crippen molar-refractivity contribution in [2.75, 3.05) is 6.61 Å². The fourth-order valence-corrected chi connectivity index (χ4v) is 3.15. The summed E-state index contributed by atoms with van der Waals surface area (Å²) in [6, 6.07) is 0. The molecule has 0 bridgehead atoms. The lowest BCUT2D eigenvalue weighted by molar-refractivity contribution is -0.250. The third-order valence-electron chi connectivity index (χ3n) is 4.07. The van der Waals surface area contributed by atoms with Crippen LogP contribution in [-0.4, -0.2) is 19.2 Å². The van der Waals surface area contributed by atoms with E-state index in [1.807, 2.05) is 20.1 Å². The maximum Gasteiger partial charge on any atom is 0.205 e. The second kappa shape index (κ2) is 5.40. The van der Waals surface area contributed by atoms with Crippen molar-refractivity contribution in [3.63, 3.8) is 0 Å². The van der Waals surface area contributed by atoms with Crippen molar-refractivity contribution in [1.82, 2.24) is 0 Å². The van der Waals surface area contributed by atoms with Crippen LogP contribution in [0.2, 0.25) is 0 Å². The number of ether oxygens (including phenoxy) is 3. The Morgan fingerprint density at radius 1 is 1.47 bits per heavy atom. The van der Waals surface area contributed by atoms with E-state index in [0.29, 0.717) is 24.4 Å². The smallest absolute Gasteiger partial charge is 0.205 e. The number of rotatable bonds is 4. The molecule has 5 atom stereocenters. The predicted molar refractivity (Wildman–Crippen MR) is 66.2 cm³/mol. The van der Waals surface area contributed by atoms with Crippen LogP contribution < -0.4 is 0 Å². The highest BCUT2D eigenvalue weighted by molar-refractivity contribution is 5.09. The van der Waals surface area contributed by atoms with Gasteiger partial charge in [-0.05, 0) is 51.0 Å². The highest BCUT2D eigenvalue weighted by atomic mass is 16.8. The molecule has 17 heavy (non-hydrogen) atoms. The molecule has 0 aromatic rings. The molecule has 1 heterocycles. The minimum atomic E-state index is -0.190. The summed E-state index contributed by atoms with van der Waals surface area (Å²) in [5, 5.41) is 0. The van der Waals surface area contributed by atoms with Crippen molar-refractivity contribution in [3.8, 4) is 0 Å². The number of hydrogen-bond donors (Lipinski definition) is 0. The van der Waals surface area contributed by atoms with Gasteiger partial charge in [-0.15, -0.1) is 0 Å². The summed E-state index contributed by atoms with van der Waals surface area (Å²) in [5.74, 6) is 1.79. The number of allylic oxidation sites excluding steroid dienone is 1. The minimum absolute atomic E-state index is 0.136. The summed E-state index contributed by atoms with van der Waals surface area (Å²) in [6.45, 7) is 9.05. The van der Waals surface area contributed by atoms with E-state index >= 15 is 0 Å². The van der Waals surface area contributed by atoms with Crippen molar-refractivity contribution in [2.24, 2.45) is 17.8 Å². The third-order valence-corrected chi connectivity index (χ3v) is 4.07. The molecular weight excluding hydrogens is 216 g/mol. The van der Waals surface area contributed by atoms with Gasteiger partial charge in [0.15, 0.2) is 6.29 Å². The highest BCUT2D eigenvalue weighted by Crippen LogP contribution is 2.46. The Morgan fingerprint density at radius 3 is 2.94 bits per heavy atom. The Balaban J connectivity index is 2.02. The van der Waals surface area contributed by atoms with E-state index in [4.69, 9.17) is 14.2 Å². The minimum Gasteiger partial charge on any atom is -0.472 e.